The molecule has 2 aliphatic rings. The Bertz CT molecular complexity index is 771. The van der Waals surface area contributed by atoms with Gasteiger partial charge in [0.05, 0.1) is 6.61 Å². The first-order valence-corrected chi connectivity index (χ1v) is 9.21. The molecule has 134 valence electrons. The summed E-state index contributed by atoms with van der Waals surface area (Å²) in [6.07, 6.45) is 3.25. The van der Waals surface area contributed by atoms with Crippen molar-refractivity contribution in [2.75, 3.05) is 6.61 Å². The molecular formula is C19H26N4O2. The smallest absolute Gasteiger partial charge is 0.133 e. The number of aryl methyl sites for hydroxylation is 2. The third-order valence-electron chi connectivity index (χ3n) is 5.07. The molecule has 0 aliphatic carbocycles. The zero-order chi connectivity index (χ0) is 17.4. The highest BCUT2D eigenvalue weighted by Crippen LogP contribution is 2.36. The van der Waals surface area contributed by atoms with E-state index in [0.29, 0.717) is 12.6 Å². The van der Waals surface area contributed by atoms with Crippen molar-refractivity contribution in [1.82, 2.24) is 20.1 Å². The maximum Gasteiger partial charge on any atom is 0.133 e. The molecule has 2 aromatic rings. The van der Waals surface area contributed by atoms with Crippen LogP contribution in [0, 0.1) is 6.92 Å². The zero-order valence-electron chi connectivity index (χ0n) is 15.2. The lowest BCUT2D eigenvalue weighted by molar-refractivity contribution is 0.251. The van der Waals surface area contributed by atoms with Gasteiger partial charge in [0.25, 0.3) is 0 Å². The molecule has 2 aliphatic heterocycles. The number of rotatable bonds is 5. The van der Waals surface area contributed by atoms with Crippen molar-refractivity contribution in [3.05, 3.63) is 34.9 Å². The molecule has 1 N–H and O–H groups in total. The van der Waals surface area contributed by atoms with Crippen molar-refractivity contribution in [2.45, 2.75) is 65.3 Å². The molecule has 25 heavy (non-hydrogen) atoms. The fraction of sp³-hybridized carbons (Fsp3) is 0.579. The Kier molecular flexibility index (Phi) is 4.37. The van der Waals surface area contributed by atoms with Crippen LogP contribution in [0.2, 0.25) is 0 Å². The third kappa shape index (κ3) is 3.23. The van der Waals surface area contributed by atoms with Gasteiger partial charge in [-0.2, -0.15) is 0 Å². The quantitative estimate of drug-likeness (QED) is 0.904. The third-order valence-corrected chi connectivity index (χ3v) is 5.07. The summed E-state index contributed by atoms with van der Waals surface area (Å²) < 4.78 is 14.0. The summed E-state index contributed by atoms with van der Waals surface area (Å²) in [5.74, 6) is 4.08. The van der Waals surface area contributed by atoms with E-state index in [1.807, 2.05) is 13.8 Å². The van der Waals surface area contributed by atoms with Gasteiger partial charge in [0, 0.05) is 43.1 Å². The molecule has 0 spiro atoms. The normalized spacial score (nSPS) is 21.6. The number of nitrogens with one attached hydrogen (secondary N) is 1. The van der Waals surface area contributed by atoms with E-state index in [2.05, 4.69) is 39.1 Å². The number of ether oxygens (including phenoxy) is 2. The van der Waals surface area contributed by atoms with Crippen LogP contribution in [0.25, 0.3) is 0 Å². The standard InChI is InChI=1S/C19H26N4O2/c1-4-24-17-8-14-7-12(2)25-19(14)15(9-17)10-20-16-5-6-18-22-21-13(3)23(18)11-16/h8-9,12,16,20H,4-7,10-11H2,1-3H3/t12-,16+/m0/s1. The van der Waals surface area contributed by atoms with Crippen LogP contribution in [0.1, 0.15) is 43.0 Å². The Morgan fingerprint density at radius 3 is 3.08 bits per heavy atom. The molecule has 6 heteroatoms. The lowest BCUT2D eigenvalue weighted by atomic mass is 10.0. The fourth-order valence-corrected chi connectivity index (χ4v) is 3.84. The van der Waals surface area contributed by atoms with Crippen LogP contribution in [-0.2, 0) is 25.9 Å². The molecule has 0 bridgehead atoms. The topological polar surface area (TPSA) is 61.2 Å². The Morgan fingerprint density at radius 1 is 1.36 bits per heavy atom. The van der Waals surface area contributed by atoms with Gasteiger partial charge >= 0.3 is 0 Å². The van der Waals surface area contributed by atoms with E-state index >= 15 is 0 Å². The van der Waals surface area contributed by atoms with E-state index < -0.39 is 0 Å². The van der Waals surface area contributed by atoms with Crippen LogP contribution < -0.4 is 14.8 Å². The van der Waals surface area contributed by atoms with E-state index in [1.54, 1.807) is 0 Å². The monoisotopic (exact) mass is 342 g/mol. The van der Waals surface area contributed by atoms with Gasteiger partial charge in [0.2, 0.25) is 0 Å². The average Bonchev–Trinajstić information content (AvgIpc) is 3.15. The highest BCUT2D eigenvalue weighted by Gasteiger charge is 2.25. The first-order valence-electron chi connectivity index (χ1n) is 9.21. The van der Waals surface area contributed by atoms with Crippen LogP contribution in [0.5, 0.6) is 11.5 Å². The average molecular weight is 342 g/mol. The number of hydrogen-bond donors (Lipinski definition) is 1. The van der Waals surface area contributed by atoms with Crippen molar-refractivity contribution in [2.24, 2.45) is 0 Å². The summed E-state index contributed by atoms with van der Waals surface area (Å²) in [5, 5.41) is 12.1. The van der Waals surface area contributed by atoms with Crippen molar-refractivity contribution in [3.8, 4) is 11.5 Å². The maximum atomic E-state index is 6.05. The van der Waals surface area contributed by atoms with Crippen LogP contribution in [0.15, 0.2) is 12.1 Å². The second-order valence-electron chi connectivity index (χ2n) is 7.03. The van der Waals surface area contributed by atoms with Crippen LogP contribution >= 0.6 is 0 Å². The lowest BCUT2D eigenvalue weighted by Gasteiger charge is -2.25. The molecule has 4 rings (SSSR count). The molecule has 0 saturated carbocycles. The van der Waals surface area contributed by atoms with Gasteiger partial charge in [0.15, 0.2) is 0 Å². The van der Waals surface area contributed by atoms with Gasteiger partial charge in [-0.05, 0) is 39.3 Å². The largest absolute Gasteiger partial charge is 0.494 e. The van der Waals surface area contributed by atoms with E-state index in [-0.39, 0.29) is 6.10 Å². The van der Waals surface area contributed by atoms with E-state index in [0.717, 1.165) is 55.5 Å². The Labute approximate surface area is 148 Å². The van der Waals surface area contributed by atoms with E-state index in [9.17, 15) is 0 Å². The molecule has 2 atom stereocenters. The van der Waals surface area contributed by atoms with Gasteiger partial charge < -0.3 is 19.4 Å². The molecule has 6 nitrogen and oxygen atoms in total. The predicted octanol–water partition coefficient (Wildman–Crippen LogP) is 2.41. The summed E-state index contributed by atoms with van der Waals surface area (Å²) in [6, 6.07) is 4.66. The summed E-state index contributed by atoms with van der Waals surface area (Å²) in [5.41, 5.74) is 2.45. The number of nitrogens with zero attached hydrogens (tertiary/aromatic N) is 3. The Hall–Kier alpha value is -2.08. The van der Waals surface area contributed by atoms with E-state index in [1.165, 1.54) is 11.1 Å². The molecule has 0 amide bonds. The van der Waals surface area contributed by atoms with Gasteiger partial charge in [-0.1, -0.05) is 0 Å². The first kappa shape index (κ1) is 16.4. The summed E-state index contributed by atoms with van der Waals surface area (Å²) >= 11 is 0. The molecular weight excluding hydrogens is 316 g/mol. The van der Waals surface area contributed by atoms with Crippen LogP contribution in [0.4, 0.5) is 0 Å². The van der Waals surface area contributed by atoms with Crippen molar-refractivity contribution < 1.29 is 9.47 Å². The Balaban J connectivity index is 1.49. The minimum absolute atomic E-state index is 0.238. The number of benzene rings is 1. The van der Waals surface area contributed by atoms with Crippen molar-refractivity contribution >= 4 is 0 Å². The molecule has 1 aromatic carbocycles. The second-order valence-corrected chi connectivity index (χ2v) is 7.03. The van der Waals surface area contributed by atoms with Gasteiger partial charge in [-0.3, -0.25) is 0 Å². The lowest BCUT2D eigenvalue weighted by Crippen LogP contribution is -2.37. The number of aromatic nitrogens is 3. The molecule has 0 saturated heterocycles. The minimum atomic E-state index is 0.238. The summed E-state index contributed by atoms with van der Waals surface area (Å²) in [7, 11) is 0. The molecule has 0 fully saturated rings. The van der Waals surface area contributed by atoms with Crippen LogP contribution in [0.3, 0.4) is 0 Å². The van der Waals surface area contributed by atoms with Gasteiger partial charge in [-0.15, -0.1) is 10.2 Å². The molecule has 1 aromatic heterocycles. The Morgan fingerprint density at radius 2 is 2.24 bits per heavy atom. The predicted molar refractivity (Wildman–Crippen MR) is 95.1 cm³/mol. The highest BCUT2D eigenvalue weighted by molar-refractivity contribution is 5.49. The summed E-state index contributed by atoms with van der Waals surface area (Å²) in [6.45, 7) is 8.56. The highest BCUT2D eigenvalue weighted by atomic mass is 16.5. The minimum Gasteiger partial charge on any atom is -0.494 e. The number of hydrogen-bond acceptors (Lipinski definition) is 5. The first-order chi connectivity index (χ1) is 12.1. The molecule has 0 unspecified atom stereocenters. The molecule has 3 heterocycles. The van der Waals surface area contributed by atoms with Gasteiger partial charge in [0.1, 0.15) is 29.3 Å². The fourth-order valence-electron chi connectivity index (χ4n) is 3.84. The SMILES string of the molecule is CCOc1cc(CN[C@@H]2CCc3nnc(C)n3C2)c2c(c1)C[C@H](C)O2. The molecule has 0 radical (unpaired) electrons. The van der Waals surface area contributed by atoms with Crippen molar-refractivity contribution in [3.63, 3.8) is 0 Å². The van der Waals surface area contributed by atoms with Crippen molar-refractivity contribution in [1.29, 1.82) is 0 Å². The zero-order valence-corrected chi connectivity index (χ0v) is 15.2. The van der Waals surface area contributed by atoms with Gasteiger partial charge in [-0.25, -0.2) is 0 Å². The maximum absolute atomic E-state index is 6.05. The second kappa shape index (κ2) is 6.67. The van der Waals surface area contributed by atoms with Crippen LogP contribution in [-0.4, -0.2) is 33.5 Å². The summed E-state index contributed by atoms with van der Waals surface area (Å²) in [4.78, 5) is 0. The number of fused-ring (bicyclic) bond motifs is 2. The van der Waals surface area contributed by atoms with E-state index in [4.69, 9.17) is 9.47 Å².